The quantitative estimate of drug-likeness (QED) is 0.693. The molecule has 30 heavy (non-hydrogen) atoms. The van der Waals surface area contributed by atoms with Crippen LogP contribution in [0, 0.1) is 11.7 Å². The van der Waals surface area contributed by atoms with Gasteiger partial charge in [-0.15, -0.1) is 0 Å². The van der Waals surface area contributed by atoms with Crippen molar-refractivity contribution in [2.24, 2.45) is 5.92 Å². The zero-order valence-corrected chi connectivity index (χ0v) is 18.4. The Morgan fingerprint density at radius 1 is 1.23 bits per heavy atom. The van der Waals surface area contributed by atoms with E-state index in [0.29, 0.717) is 6.42 Å². The average Bonchev–Trinajstić information content (AvgIpc) is 3.05. The highest BCUT2D eigenvalue weighted by atomic mass is 35.5. The zero-order valence-electron chi connectivity index (χ0n) is 16.0. The molecule has 0 aromatic heterocycles. The normalized spacial score (nSPS) is 18.2. The van der Waals surface area contributed by atoms with E-state index in [1.54, 1.807) is 0 Å². The highest BCUT2D eigenvalue weighted by Crippen LogP contribution is 2.26. The summed E-state index contributed by atoms with van der Waals surface area (Å²) in [5.74, 6) is -1.17. The Balaban J connectivity index is 1.80. The number of nitrogens with one attached hydrogen (secondary N) is 1. The summed E-state index contributed by atoms with van der Waals surface area (Å²) in [6, 6.07) is 8.69. The van der Waals surface area contributed by atoms with E-state index in [-0.39, 0.29) is 45.1 Å². The van der Waals surface area contributed by atoms with Gasteiger partial charge in [-0.1, -0.05) is 11.6 Å². The number of halogens is 2. The molecule has 0 aliphatic carbocycles. The van der Waals surface area contributed by atoms with E-state index in [2.05, 4.69) is 5.32 Å². The number of nitrogens with zero attached hydrogens (tertiary/aromatic N) is 1. The van der Waals surface area contributed by atoms with Crippen molar-refractivity contribution in [3.8, 4) is 0 Å². The lowest BCUT2D eigenvalue weighted by molar-refractivity contribution is 0.0948. The molecular weight excluding hydrogens is 455 g/mol. The second kappa shape index (κ2) is 8.52. The van der Waals surface area contributed by atoms with Crippen molar-refractivity contribution in [2.45, 2.75) is 11.3 Å². The van der Waals surface area contributed by atoms with Gasteiger partial charge >= 0.3 is 0 Å². The fourth-order valence-corrected chi connectivity index (χ4v) is 6.44. The first-order chi connectivity index (χ1) is 14.0. The lowest BCUT2D eigenvalue weighted by Crippen LogP contribution is -2.31. The lowest BCUT2D eigenvalue weighted by atomic mass is 10.1. The molecule has 1 fully saturated rings. The molecule has 1 aliphatic heterocycles. The predicted octanol–water partition coefficient (Wildman–Crippen LogP) is 2.47. The van der Waals surface area contributed by atoms with Gasteiger partial charge in [-0.2, -0.15) is 0 Å². The third-order valence-corrected chi connectivity index (χ3v) is 8.86. The molecule has 0 spiro atoms. The highest BCUT2D eigenvalue weighted by molar-refractivity contribution is 7.92. The number of amides is 1. The third kappa shape index (κ3) is 4.93. The fraction of sp³-hybridized carbons (Fsp3) is 0.316. The molecular formula is C19H20ClFN2O5S2. The van der Waals surface area contributed by atoms with Crippen LogP contribution in [0.2, 0.25) is 5.02 Å². The largest absolute Gasteiger partial charge is 0.352 e. The molecule has 2 aromatic carbocycles. The number of hydrogen-bond donors (Lipinski definition) is 1. The molecule has 1 unspecified atom stereocenters. The Hall–Kier alpha value is -2.17. The summed E-state index contributed by atoms with van der Waals surface area (Å²) in [5.41, 5.74) is 0.214. The van der Waals surface area contributed by atoms with Crippen LogP contribution in [-0.2, 0) is 19.9 Å². The minimum atomic E-state index is -4.03. The smallest absolute Gasteiger partial charge is 0.264 e. The minimum absolute atomic E-state index is 0.0118. The van der Waals surface area contributed by atoms with Crippen LogP contribution >= 0.6 is 11.6 Å². The van der Waals surface area contributed by atoms with Gasteiger partial charge in [0.15, 0.2) is 9.84 Å². The number of carbonyl (C=O) groups is 1. The van der Waals surface area contributed by atoms with E-state index in [1.807, 2.05) is 0 Å². The average molecular weight is 475 g/mol. The summed E-state index contributed by atoms with van der Waals surface area (Å²) >= 11 is 6.09. The Morgan fingerprint density at radius 3 is 2.50 bits per heavy atom. The molecule has 0 saturated carbocycles. The molecule has 7 nitrogen and oxygen atoms in total. The van der Waals surface area contributed by atoms with Crippen molar-refractivity contribution in [3.05, 3.63) is 58.9 Å². The number of sulfone groups is 1. The summed E-state index contributed by atoms with van der Waals surface area (Å²) in [7, 11) is -5.78. The lowest BCUT2D eigenvalue weighted by Gasteiger charge is -2.20. The topological polar surface area (TPSA) is 101 Å². The fourth-order valence-electron chi connectivity index (χ4n) is 3.15. The molecule has 1 aliphatic rings. The first-order valence-corrected chi connectivity index (χ1v) is 12.7. The van der Waals surface area contributed by atoms with Crippen LogP contribution < -0.4 is 9.62 Å². The van der Waals surface area contributed by atoms with Crippen LogP contribution in [0.15, 0.2) is 47.4 Å². The van der Waals surface area contributed by atoms with Crippen molar-refractivity contribution in [2.75, 3.05) is 29.4 Å². The first-order valence-electron chi connectivity index (χ1n) is 9.02. The number of rotatable bonds is 6. The molecule has 3 rings (SSSR count). The van der Waals surface area contributed by atoms with E-state index in [1.165, 1.54) is 37.4 Å². The van der Waals surface area contributed by atoms with E-state index < -0.39 is 31.6 Å². The molecule has 1 atom stereocenters. The van der Waals surface area contributed by atoms with E-state index in [4.69, 9.17) is 11.6 Å². The SMILES string of the molecule is CN(c1ccc(F)cc1)S(=O)(=O)c1ccc(Cl)c(C(=O)NCC2CCS(=O)(=O)C2)c1. The molecule has 162 valence electrons. The van der Waals surface area contributed by atoms with Gasteiger partial charge < -0.3 is 5.32 Å². The van der Waals surface area contributed by atoms with Crippen LogP contribution in [0.25, 0.3) is 0 Å². The van der Waals surface area contributed by atoms with Gasteiger partial charge in [0, 0.05) is 13.6 Å². The summed E-state index contributed by atoms with van der Waals surface area (Å²) in [6.07, 6.45) is 0.466. The number of carbonyl (C=O) groups excluding carboxylic acids is 1. The molecule has 1 amide bonds. The number of hydrogen-bond acceptors (Lipinski definition) is 5. The molecule has 11 heteroatoms. The van der Waals surface area contributed by atoms with Gasteiger partial charge in [-0.05, 0) is 54.8 Å². The number of sulfonamides is 1. The highest BCUT2D eigenvalue weighted by Gasteiger charge is 2.29. The van der Waals surface area contributed by atoms with Crippen molar-refractivity contribution in [3.63, 3.8) is 0 Å². The first kappa shape index (κ1) is 22.5. The van der Waals surface area contributed by atoms with Gasteiger partial charge in [0.2, 0.25) is 0 Å². The van der Waals surface area contributed by atoms with Gasteiger partial charge in [-0.25, -0.2) is 21.2 Å². The molecule has 1 heterocycles. The molecule has 1 N–H and O–H groups in total. The van der Waals surface area contributed by atoms with E-state index in [0.717, 1.165) is 16.4 Å². The number of anilines is 1. The maximum atomic E-state index is 13.1. The Morgan fingerprint density at radius 2 is 1.90 bits per heavy atom. The second-order valence-electron chi connectivity index (χ2n) is 7.07. The van der Waals surface area contributed by atoms with Gasteiger partial charge in [0.25, 0.3) is 15.9 Å². The van der Waals surface area contributed by atoms with E-state index in [9.17, 15) is 26.0 Å². The Kier molecular flexibility index (Phi) is 6.40. The summed E-state index contributed by atoms with van der Waals surface area (Å²) in [5, 5.41) is 2.69. The predicted molar refractivity (Wildman–Crippen MR) is 113 cm³/mol. The molecule has 2 aromatic rings. The van der Waals surface area contributed by atoms with Crippen molar-refractivity contribution in [1.82, 2.24) is 5.32 Å². The third-order valence-electron chi connectivity index (χ3n) is 4.91. The van der Waals surface area contributed by atoms with Crippen molar-refractivity contribution >= 4 is 43.1 Å². The van der Waals surface area contributed by atoms with Crippen LogP contribution in [0.4, 0.5) is 10.1 Å². The summed E-state index contributed by atoms with van der Waals surface area (Å²) in [6.45, 7) is 0.154. The Labute approximate surface area is 179 Å². The van der Waals surface area contributed by atoms with Crippen LogP contribution in [0.5, 0.6) is 0 Å². The number of benzene rings is 2. The maximum Gasteiger partial charge on any atom is 0.264 e. The maximum absolute atomic E-state index is 13.1. The van der Waals surface area contributed by atoms with Gasteiger partial charge in [-0.3, -0.25) is 9.10 Å². The van der Waals surface area contributed by atoms with Crippen molar-refractivity contribution < 1.29 is 26.0 Å². The summed E-state index contributed by atoms with van der Waals surface area (Å²) < 4.78 is 63.0. The zero-order chi connectivity index (χ0) is 22.1. The van der Waals surface area contributed by atoms with Crippen molar-refractivity contribution in [1.29, 1.82) is 0 Å². The van der Waals surface area contributed by atoms with Gasteiger partial charge in [0.05, 0.1) is 32.7 Å². The van der Waals surface area contributed by atoms with Crippen LogP contribution in [0.3, 0.4) is 0 Å². The molecule has 0 bridgehead atoms. The summed E-state index contributed by atoms with van der Waals surface area (Å²) in [4.78, 5) is 12.4. The second-order valence-corrected chi connectivity index (χ2v) is 11.7. The molecule has 1 saturated heterocycles. The Bertz CT molecular complexity index is 1170. The van der Waals surface area contributed by atoms with Crippen LogP contribution in [-0.4, -0.2) is 47.8 Å². The standard InChI is InChI=1S/C19H20ClFN2O5S2/c1-23(15-4-2-14(21)3-5-15)30(27,28)16-6-7-18(20)17(10-16)19(24)22-11-13-8-9-29(25,26)12-13/h2-7,10,13H,8-9,11-12H2,1H3,(H,22,24). The monoisotopic (exact) mass is 474 g/mol. The minimum Gasteiger partial charge on any atom is -0.352 e. The van der Waals surface area contributed by atoms with Gasteiger partial charge in [0.1, 0.15) is 5.82 Å². The molecule has 0 radical (unpaired) electrons. The van der Waals surface area contributed by atoms with E-state index >= 15 is 0 Å². The van der Waals surface area contributed by atoms with Crippen LogP contribution in [0.1, 0.15) is 16.8 Å².